The van der Waals surface area contributed by atoms with E-state index in [1.54, 1.807) is 22.5 Å². The summed E-state index contributed by atoms with van der Waals surface area (Å²) in [4.78, 5) is 0.280. The van der Waals surface area contributed by atoms with E-state index >= 15 is 0 Å². The number of nitrogens with zero attached hydrogens (tertiary/aromatic N) is 1. The number of sulfonamides is 1. The van der Waals surface area contributed by atoms with Crippen molar-refractivity contribution in [1.82, 2.24) is 4.31 Å². The SMILES string of the molecule is Cc1cccc(C)c1/C=c1\ccc2c(c1)Oc1cc(Cc3c(C)cc(OCc4ccccc4[B-](F)(F)F)cc3C)ccc1C=2c1ccccc1S(=O)(=O)N1CCCCC1. The Morgan fingerprint density at radius 2 is 1.41 bits per heavy atom. The summed E-state index contributed by atoms with van der Waals surface area (Å²) < 4.78 is 84.0. The first-order chi connectivity index (χ1) is 28.3. The zero-order valence-corrected chi connectivity index (χ0v) is 34.5. The predicted molar refractivity (Wildman–Crippen MR) is 231 cm³/mol. The Bertz CT molecular complexity index is 2790. The monoisotopic (exact) mass is 812 g/mol. The topological polar surface area (TPSA) is 55.8 Å². The van der Waals surface area contributed by atoms with Gasteiger partial charge in [0.2, 0.25) is 10.0 Å². The Kier molecular flexibility index (Phi) is 11.1. The fourth-order valence-corrected chi connectivity index (χ4v) is 10.2. The van der Waals surface area contributed by atoms with Crippen LogP contribution < -0.4 is 25.4 Å². The second-order valence-corrected chi connectivity index (χ2v) is 17.7. The van der Waals surface area contributed by atoms with Crippen molar-refractivity contribution in [3.63, 3.8) is 0 Å². The van der Waals surface area contributed by atoms with Gasteiger partial charge in [0.15, 0.2) is 0 Å². The highest BCUT2D eigenvalue weighted by Crippen LogP contribution is 2.40. The third kappa shape index (κ3) is 8.21. The quantitative estimate of drug-likeness (QED) is 0.129. The summed E-state index contributed by atoms with van der Waals surface area (Å²) in [5.74, 6) is 1.76. The molecule has 2 heterocycles. The van der Waals surface area contributed by atoms with Gasteiger partial charge in [-0.1, -0.05) is 85.3 Å². The Balaban J connectivity index is 1.18. The van der Waals surface area contributed by atoms with Crippen LogP contribution >= 0.6 is 0 Å². The van der Waals surface area contributed by atoms with Gasteiger partial charge in [-0.3, -0.25) is 0 Å². The third-order valence-corrected chi connectivity index (χ3v) is 13.6. The van der Waals surface area contributed by atoms with Crippen molar-refractivity contribution in [3.05, 3.63) is 181 Å². The minimum absolute atomic E-state index is 0.105. The first-order valence-corrected chi connectivity index (χ1v) is 21.6. The molecule has 0 aromatic heterocycles. The number of aryl methyl sites for hydroxylation is 4. The lowest BCUT2D eigenvalue weighted by molar-refractivity contribution is 0.306. The number of hydrogen-bond donors (Lipinski definition) is 0. The number of hydrogen-bond acceptors (Lipinski definition) is 4. The molecule has 59 heavy (non-hydrogen) atoms. The van der Waals surface area contributed by atoms with E-state index in [-0.39, 0.29) is 17.1 Å². The molecule has 2 aliphatic heterocycles. The van der Waals surface area contributed by atoms with Crippen LogP contribution in [0.2, 0.25) is 0 Å². The Hall–Kier alpha value is -5.58. The fraction of sp³-hybridized carbons (Fsp3) is 0.224. The summed E-state index contributed by atoms with van der Waals surface area (Å²) >= 11 is 0. The summed E-state index contributed by atoms with van der Waals surface area (Å²) in [7, 11) is -3.79. The largest absolute Gasteiger partial charge is 0.510 e. The number of rotatable bonds is 10. The van der Waals surface area contributed by atoms with Crippen LogP contribution in [0, 0.1) is 27.7 Å². The van der Waals surface area contributed by atoms with Crippen molar-refractivity contribution in [2.24, 2.45) is 0 Å². The number of piperidine rings is 1. The molecule has 6 aromatic rings. The van der Waals surface area contributed by atoms with E-state index in [9.17, 15) is 21.4 Å². The van der Waals surface area contributed by atoms with Crippen molar-refractivity contribution in [2.45, 2.75) is 64.9 Å². The Morgan fingerprint density at radius 3 is 2.14 bits per heavy atom. The van der Waals surface area contributed by atoms with Gasteiger partial charge in [-0.05, 0) is 139 Å². The maximum Gasteiger partial charge on any atom is 0.510 e. The molecular weight excluding hydrogens is 766 g/mol. The van der Waals surface area contributed by atoms with Gasteiger partial charge in [0.1, 0.15) is 23.9 Å². The van der Waals surface area contributed by atoms with Gasteiger partial charge in [0, 0.05) is 35.0 Å². The second kappa shape index (κ2) is 16.2. The second-order valence-electron chi connectivity index (χ2n) is 15.7. The third-order valence-electron chi connectivity index (χ3n) is 11.6. The molecule has 0 aliphatic carbocycles. The maximum absolute atomic E-state index is 14.3. The van der Waals surface area contributed by atoms with Gasteiger partial charge >= 0.3 is 6.98 Å². The van der Waals surface area contributed by atoms with Crippen LogP contribution in [0.15, 0.2) is 120 Å². The van der Waals surface area contributed by atoms with Crippen molar-refractivity contribution in [3.8, 4) is 17.2 Å². The van der Waals surface area contributed by atoms with Crippen molar-refractivity contribution in [1.29, 1.82) is 0 Å². The smallest absolute Gasteiger partial charge is 0.489 e. The van der Waals surface area contributed by atoms with Crippen LogP contribution in [-0.2, 0) is 23.1 Å². The summed E-state index contributed by atoms with van der Waals surface area (Å²) in [6.45, 7) is 3.80. The molecule has 302 valence electrons. The average Bonchev–Trinajstić information content (AvgIpc) is 3.22. The minimum Gasteiger partial charge on any atom is -0.489 e. The molecule has 1 saturated heterocycles. The van der Waals surface area contributed by atoms with Crippen LogP contribution in [-0.4, -0.2) is 32.8 Å². The molecule has 10 heteroatoms. The number of benzene rings is 6. The molecule has 5 nitrogen and oxygen atoms in total. The standard InChI is InChI=1S/C49H46BF3NO4S/c1-32-13-12-14-33(2)43(32)27-36-19-21-40-46(29-36)58-47-30-37(20-22-41(47)49(40)42-16-7-9-18-48(42)59(55,56)54-23-10-5-11-24-54)28-44-34(3)25-39(26-35(44)4)57-31-38-15-6-8-17-45(38)50(51,52)53/h6-9,12-22,25-27,29-30H,5,10-11,23-24,28,31H2,1-4H3/q-1/b36-27+. The number of halogens is 3. The molecular formula is C49H46BF3NO4S-. The molecule has 0 amide bonds. The van der Waals surface area contributed by atoms with Crippen LogP contribution in [0.1, 0.15) is 74.9 Å². The van der Waals surface area contributed by atoms with Crippen molar-refractivity contribution < 1.29 is 30.8 Å². The molecule has 2 aliphatic rings. The molecule has 1 fully saturated rings. The normalized spacial score (nSPS) is 14.8. The predicted octanol–water partition coefficient (Wildman–Crippen LogP) is 9.50. The average molecular weight is 813 g/mol. The van der Waals surface area contributed by atoms with Crippen LogP contribution in [0.25, 0.3) is 11.6 Å². The lowest BCUT2D eigenvalue weighted by atomic mass is 9.77. The summed E-state index contributed by atoms with van der Waals surface area (Å²) in [5.41, 5.74) is 9.12. The highest BCUT2D eigenvalue weighted by Gasteiger charge is 2.32. The number of fused-ring (bicyclic) bond motifs is 2. The van der Waals surface area contributed by atoms with Gasteiger partial charge in [-0.25, -0.2) is 8.42 Å². The van der Waals surface area contributed by atoms with E-state index in [1.807, 2.05) is 62.4 Å². The van der Waals surface area contributed by atoms with E-state index in [0.29, 0.717) is 42.3 Å². The van der Waals surface area contributed by atoms with E-state index < -0.39 is 22.5 Å². The molecule has 0 bridgehead atoms. The van der Waals surface area contributed by atoms with Crippen LogP contribution in [0.4, 0.5) is 12.9 Å². The van der Waals surface area contributed by atoms with Crippen molar-refractivity contribution in [2.75, 3.05) is 13.1 Å². The summed E-state index contributed by atoms with van der Waals surface area (Å²) in [5, 5.41) is 1.78. The summed E-state index contributed by atoms with van der Waals surface area (Å²) in [6.07, 6.45) is 5.42. The van der Waals surface area contributed by atoms with Crippen molar-refractivity contribution >= 4 is 34.1 Å². The van der Waals surface area contributed by atoms with Gasteiger partial charge < -0.3 is 22.4 Å². The minimum atomic E-state index is -5.16. The lowest BCUT2D eigenvalue weighted by Gasteiger charge is -2.28. The van der Waals surface area contributed by atoms with Crippen LogP contribution in [0.3, 0.4) is 0 Å². The molecule has 0 spiro atoms. The Labute approximate surface area is 344 Å². The fourth-order valence-electron chi connectivity index (χ4n) is 8.47. The summed E-state index contributed by atoms with van der Waals surface area (Å²) in [6, 6.07) is 35.0. The molecule has 0 unspecified atom stereocenters. The van der Waals surface area contributed by atoms with E-state index in [1.165, 1.54) is 23.3 Å². The van der Waals surface area contributed by atoms with Gasteiger partial charge in [0.25, 0.3) is 0 Å². The molecule has 0 N–H and O–H groups in total. The van der Waals surface area contributed by atoms with E-state index in [4.69, 9.17) is 9.47 Å². The lowest BCUT2D eigenvalue weighted by Crippen LogP contribution is -2.37. The first kappa shape index (κ1) is 40.2. The van der Waals surface area contributed by atoms with Gasteiger partial charge in [-0.2, -0.15) is 4.31 Å². The molecule has 6 aromatic carbocycles. The molecule has 8 rings (SSSR count). The highest BCUT2D eigenvalue weighted by molar-refractivity contribution is 7.89. The van der Waals surface area contributed by atoms with Gasteiger partial charge in [0.05, 0.1) is 4.90 Å². The van der Waals surface area contributed by atoms with Gasteiger partial charge in [-0.15, -0.1) is 5.46 Å². The van der Waals surface area contributed by atoms with Crippen LogP contribution in [0.5, 0.6) is 17.2 Å². The zero-order valence-electron chi connectivity index (χ0n) is 33.7. The number of ether oxygens (including phenoxy) is 2. The maximum atomic E-state index is 14.3. The Morgan fingerprint density at radius 1 is 0.712 bits per heavy atom. The molecule has 0 atom stereocenters. The molecule has 0 radical (unpaired) electrons. The first-order valence-electron chi connectivity index (χ1n) is 20.1. The zero-order chi connectivity index (χ0) is 41.5. The van der Waals surface area contributed by atoms with E-state index in [0.717, 1.165) is 74.7 Å². The van der Waals surface area contributed by atoms with E-state index in [2.05, 4.69) is 50.3 Å². The molecule has 0 saturated carbocycles. The highest BCUT2D eigenvalue weighted by atomic mass is 32.2.